The van der Waals surface area contributed by atoms with Gasteiger partial charge >= 0.3 is 12.1 Å². The van der Waals surface area contributed by atoms with Gasteiger partial charge in [0.15, 0.2) is 0 Å². The first-order valence-electron chi connectivity index (χ1n) is 10.3. The lowest BCUT2D eigenvalue weighted by Crippen LogP contribution is -2.43. The third kappa shape index (κ3) is 8.09. The van der Waals surface area contributed by atoms with Crippen molar-refractivity contribution in [3.8, 4) is 0 Å². The van der Waals surface area contributed by atoms with Crippen molar-refractivity contribution in [2.75, 3.05) is 63.2 Å². The molecule has 8 nitrogen and oxygen atoms in total. The van der Waals surface area contributed by atoms with Gasteiger partial charge in [0.25, 0.3) is 0 Å². The Morgan fingerprint density at radius 2 is 1.06 bits per heavy atom. The lowest BCUT2D eigenvalue weighted by molar-refractivity contribution is 0.0564. The Bertz CT molecular complexity index is 830. The predicted octanol–water partition coefficient (Wildman–Crippen LogP) is 4.63. The van der Waals surface area contributed by atoms with Crippen LogP contribution in [0.3, 0.4) is 0 Å². The highest BCUT2D eigenvalue weighted by Gasteiger charge is 2.17. The quantitative estimate of drug-likeness (QED) is 0.552. The van der Waals surface area contributed by atoms with E-state index in [2.05, 4.69) is 42.5 Å². The third-order valence-electron chi connectivity index (χ3n) is 4.75. The number of amides is 4. The maximum Gasteiger partial charge on any atom is 0.322 e. The second-order valence-corrected chi connectivity index (χ2v) is 8.91. The van der Waals surface area contributed by atoms with Crippen LogP contribution >= 0.6 is 31.9 Å². The largest absolute Gasteiger partial charge is 0.378 e. The molecule has 0 radical (unpaired) electrons. The molecule has 0 aliphatic carbocycles. The molecule has 2 aliphatic rings. The molecule has 4 amide bonds. The van der Waals surface area contributed by atoms with E-state index in [-0.39, 0.29) is 12.1 Å². The zero-order valence-electron chi connectivity index (χ0n) is 17.6. The van der Waals surface area contributed by atoms with E-state index in [0.29, 0.717) is 52.6 Å². The third-order valence-corrected chi connectivity index (χ3v) is 5.73. The molecular formula is C22H26Br2N4O4. The summed E-state index contributed by atoms with van der Waals surface area (Å²) in [6, 6.07) is 15.0. The number of carbonyl (C=O) groups excluding carboxylic acids is 2. The van der Waals surface area contributed by atoms with Crippen LogP contribution in [0.15, 0.2) is 57.5 Å². The number of halogens is 2. The standard InChI is InChI=1S/2C11H13BrN2O2/c2*12-9-2-1-3-10(8-9)13-11(15)14-4-6-16-7-5-14/h2*1-3,8H,4-7H2,(H,13,15). The van der Waals surface area contributed by atoms with Crippen LogP contribution in [0.25, 0.3) is 0 Å². The Labute approximate surface area is 204 Å². The summed E-state index contributed by atoms with van der Waals surface area (Å²) in [5, 5.41) is 5.71. The predicted molar refractivity (Wildman–Crippen MR) is 131 cm³/mol. The zero-order chi connectivity index (χ0) is 22.8. The second kappa shape index (κ2) is 12.8. The summed E-state index contributed by atoms with van der Waals surface area (Å²) in [7, 11) is 0. The number of urea groups is 2. The highest BCUT2D eigenvalue weighted by Crippen LogP contribution is 2.17. The molecule has 2 aliphatic heterocycles. The minimum absolute atomic E-state index is 0.0681. The Morgan fingerprint density at radius 3 is 1.41 bits per heavy atom. The van der Waals surface area contributed by atoms with Gasteiger partial charge in [-0.3, -0.25) is 0 Å². The van der Waals surface area contributed by atoms with E-state index in [1.165, 1.54) is 0 Å². The number of ether oxygens (including phenoxy) is 2. The van der Waals surface area contributed by atoms with Crippen LogP contribution in [0.4, 0.5) is 21.0 Å². The average molecular weight is 570 g/mol. The molecule has 4 rings (SSSR count). The van der Waals surface area contributed by atoms with Gasteiger partial charge in [-0.15, -0.1) is 0 Å². The van der Waals surface area contributed by atoms with Gasteiger partial charge in [0.2, 0.25) is 0 Å². The smallest absolute Gasteiger partial charge is 0.322 e. The fraction of sp³-hybridized carbons (Fsp3) is 0.364. The van der Waals surface area contributed by atoms with Crippen molar-refractivity contribution in [3.05, 3.63) is 57.5 Å². The minimum Gasteiger partial charge on any atom is -0.378 e. The lowest BCUT2D eigenvalue weighted by atomic mass is 10.3. The SMILES string of the molecule is O=C(Nc1cccc(Br)c1)N1CCOCC1.O=C(Nc1cccc(Br)c1)N1CCOCC1. The van der Waals surface area contributed by atoms with E-state index in [4.69, 9.17) is 9.47 Å². The molecule has 32 heavy (non-hydrogen) atoms. The number of hydrogen-bond donors (Lipinski definition) is 2. The van der Waals surface area contributed by atoms with Crippen LogP contribution in [-0.4, -0.2) is 74.5 Å². The van der Waals surface area contributed by atoms with Gasteiger partial charge in [-0.2, -0.15) is 0 Å². The fourth-order valence-electron chi connectivity index (χ4n) is 3.07. The molecule has 0 spiro atoms. The van der Waals surface area contributed by atoms with E-state index >= 15 is 0 Å². The number of benzene rings is 2. The van der Waals surface area contributed by atoms with E-state index in [1.807, 2.05) is 48.5 Å². The second-order valence-electron chi connectivity index (χ2n) is 7.08. The number of hydrogen-bond acceptors (Lipinski definition) is 4. The molecule has 0 saturated carbocycles. The van der Waals surface area contributed by atoms with Crippen LogP contribution in [0, 0.1) is 0 Å². The molecule has 2 saturated heterocycles. The summed E-state index contributed by atoms with van der Waals surface area (Å²) >= 11 is 6.73. The van der Waals surface area contributed by atoms with E-state index < -0.39 is 0 Å². The number of morpholine rings is 2. The number of nitrogens with one attached hydrogen (secondary N) is 2. The zero-order valence-corrected chi connectivity index (χ0v) is 20.7. The molecule has 2 N–H and O–H groups in total. The van der Waals surface area contributed by atoms with E-state index in [9.17, 15) is 9.59 Å². The molecule has 0 bridgehead atoms. The molecule has 2 aromatic carbocycles. The molecular weight excluding hydrogens is 544 g/mol. The van der Waals surface area contributed by atoms with Gasteiger partial charge in [0, 0.05) is 46.5 Å². The average Bonchev–Trinajstić information content (AvgIpc) is 2.81. The van der Waals surface area contributed by atoms with Gasteiger partial charge < -0.3 is 29.9 Å². The summed E-state index contributed by atoms with van der Waals surface area (Å²) in [6.45, 7) is 5.08. The van der Waals surface area contributed by atoms with Crippen molar-refractivity contribution in [1.82, 2.24) is 9.80 Å². The van der Waals surface area contributed by atoms with Gasteiger partial charge in [0.05, 0.1) is 26.4 Å². The molecule has 0 unspecified atom stereocenters. The van der Waals surface area contributed by atoms with Crippen molar-refractivity contribution in [1.29, 1.82) is 0 Å². The Kier molecular flexibility index (Phi) is 9.79. The van der Waals surface area contributed by atoms with Crippen molar-refractivity contribution < 1.29 is 19.1 Å². The van der Waals surface area contributed by atoms with Crippen LogP contribution in [0.5, 0.6) is 0 Å². The summed E-state index contributed by atoms with van der Waals surface area (Å²) in [6.07, 6.45) is 0. The van der Waals surface area contributed by atoms with Crippen LogP contribution < -0.4 is 10.6 Å². The topological polar surface area (TPSA) is 83.1 Å². The summed E-state index contributed by atoms with van der Waals surface area (Å²) in [4.78, 5) is 27.2. The summed E-state index contributed by atoms with van der Waals surface area (Å²) in [5.74, 6) is 0. The highest BCUT2D eigenvalue weighted by molar-refractivity contribution is 9.10. The Balaban J connectivity index is 0.000000181. The normalized spacial score (nSPS) is 15.9. The van der Waals surface area contributed by atoms with Gasteiger partial charge in [-0.05, 0) is 36.4 Å². The first-order valence-corrected chi connectivity index (χ1v) is 11.9. The first-order chi connectivity index (χ1) is 15.5. The monoisotopic (exact) mass is 568 g/mol. The van der Waals surface area contributed by atoms with Crippen LogP contribution in [-0.2, 0) is 9.47 Å². The molecule has 2 fully saturated rings. The molecule has 0 aromatic heterocycles. The van der Waals surface area contributed by atoms with E-state index in [1.54, 1.807) is 9.80 Å². The lowest BCUT2D eigenvalue weighted by Gasteiger charge is -2.26. The fourth-order valence-corrected chi connectivity index (χ4v) is 3.87. The Hall–Kier alpha value is -2.14. The maximum absolute atomic E-state index is 11.8. The molecule has 172 valence electrons. The maximum atomic E-state index is 11.8. The number of rotatable bonds is 2. The summed E-state index contributed by atoms with van der Waals surface area (Å²) < 4.78 is 12.3. The number of nitrogens with zero attached hydrogens (tertiary/aromatic N) is 2. The molecule has 2 heterocycles. The van der Waals surface area contributed by atoms with Gasteiger partial charge in [0.1, 0.15) is 0 Å². The molecule has 0 atom stereocenters. The van der Waals surface area contributed by atoms with Crippen LogP contribution in [0.2, 0.25) is 0 Å². The first kappa shape index (κ1) is 24.5. The van der Waals surface area contributed by atoms with Crippen molar-refractivity contribution >= 4 is 55.3 Å². The summed E-state index contributed by atoms with van der Waals surface area (Å²) in [5.41, 5.74) is 1.59. The van der Waals surface area contributed by atoms with Gasteiger partial charge in [-0.1, -0.05) is 44.0 Å². The van der Waals surface area contributed by atoms with Gasteiger partial charge in [-0.25, -0.2) is 9.59 Å². The van der Waals surface area contributed by atoms with Crippen molar-refractivity contribution in [2.45, 2.75) is 0 Å². The van der Waals surface area contributed by atoms with E-state index in [0.717, 1.165) is 20.3 Å². The van der Waals surface area contributed by atoms with Crippen molar-refractivity contribution in [3.63, 3.8) is 0 Å². The minimum atomic E-state index is -0.0681. The highest BCUT2D eigenvalue weighted by atomic mass is 79.9. The number of anilines is 2. The van der Waals surface area contributed by atoms with Crippen molar-refractivity contribution in [2.24, 2.45) is 0 Å². The molecule has 10 heteroatoms. The number of carbonyl (C=O) groups is 2. The molecule has 2 aromatic rings. The Morgan fingerprint density at radius 1 is 0.688 bits per heavy atom. The van der Waals surface area contributed by atoms with Crippen LogP contribution in [0.1, 0.15) is 0 Å².